The van der Waals surface area contributed by atoms with Crippen LogP contribution in [0.3, 0.4) is 0 Å². The number of amides is 1. The van der Waals surface area contributed by atoms with Crippen LogP contribution in [0.5, 0.6) is 0 Å². The van der Waals surface area contributed by atoms with Gasteiger partial charge in [0.2, 0.25) is 5.91 Å². The van der Waals surface area contributed by atoms with Gasteiger partial charge in [-0.1, -0.05) is 12.1 Å². The van der Waals surface area contributed by atoms with Crippen molar-refractivity contribution in [1.82, 2.24) is 10.2 Å². The number of hydrogen-bond donors (Lipinski definition) is 2. The van der Waals surface area contributed by atoms with Crippen LogP contribution < -0.4 is 11.1 Å². The molecule has 112 valence electrons. The number of benzene rings is 1. The number of rotatable bonds is 8. The van der Waals surface area contributed by atoms with Gasteiger partial charge in [-0.25, -0.2) is 4.39 Å². The molecule has 0 bridgehead atoms. The van der Waals surface area contributed by atoms with Gasteiger partial charge in [0.05, 0.1) is 13.2 Å². The third-order valence-electron chi connectivity index (χ3n) is 3.01. The number of ether oxygens (including phenoxy) is 1. The van der Waals surface area contributed by atoms with E-state index in [0.29, 0.717) is 19.7 Å². The average Bonchev–Trinajstić information content (AvgIpc) is 2.40. The minimum absolute atomic E-state index is 0.112. The Balaban J connectivity index is 2.59. The number of nitrogens with two attached hydrogens (primary N) is 1. The highest BCUT2D eigenvalue weighted by Gasteiger charge is 2.18. The highest BCUT2D eigenvalue weighted by Crippen LogP contribution is 2.18. The molecule has 1 atom stereocenters. The Labute approximate surface area is 118 Å². The summed E-state index contributed by atoms with van der Waals surface area (Å²) < 4.78 is 18.1. The van der Waals surface area contributed by atoms with Crippen molar-refractivity contribution in [2.45, 2.75) is 6.04 Å². The van der Waals surface area contributed by atoms with E-state index in [1.165, 1.54) is 12.1 Å². The van der Waals surface area contributed by atoms with Gasteiger partial charge in [-0.15, -0.1) is 0 Å². The van der Waals surface area contributed by atoms with E-state index in [1.807, 2.05) is 0 Å². The molecule has 0 aromatic heterocycles. The maximum atomic E-state index is 13.2. The molecule has 1 unspecified atom stereocenters. The summed E-state index contributed by atoms with van der Waals surface area (Å²) in [6.45, 7) is 1.45. The summed E-state index contributed by atoms with van der Waals surface area (Å²) >= 11 is 0. The number of nitrogens with zero attached hydrogens (tertiary/aromatic N) is 1. The Morgan fingerprint density at radius 1 is 1.55 bits per heavy atom. The molecule has 1 rings (SSSR count). The normalized spacial score (nSPS) is 12.4. The number of hydrogen-bond acceptors (Lipinski definition) is 4. The smallest absolute Gasteiger partial charge is 0.234 e. The van der Waals surface area contributed by atoms with Gasteiger partial charge in [-0.2, -0.15) is 0 Å². The standard InChI is InChI=1S/C14H22FN3O2/c1-18(10-14(19)17-6-7-20-2)13(9-16)11-4-3-5-12(15)8-11/h3-5,8,13H,6-7,9-10,16H2,1-2H3,(H,17,19). The van der Waals surface area contributed by atoms with Gasteiger partial charge in [-0.3, -0.25) is 9.69 Å². The lowest BCUT2D eigenvalue weighted by molar-refractivity contribution is -0.122. The summed E-state index contributed by atoms with van der Waals surface area (Å²) in [4.78, 5) is 13.5. The number of nitrogens with one attached hydrogen (secondary N) is 1. The van der Waals surface area contributed by atoms with Gasteiger partial charge in [-0.05, 0) is 24.7 Å². The lowest BCUT2D eigenvalue weighted by Gasteiger charge is -2.26. The number of methoxy groups -OCH3 is 1. The van der Waals surface area contributed by atoms with Crippen molar-refractivity contribution < 1.29 is 13.9 Å². The van der Waals surface area contributed by atoms with Crippen molar-refractivity contribution in [3.05, 3.63) is 35.6 Å². The quantitative estimate of drug-likeness (QED) is 0.683. The Hall–Kier alpha value is -1.50. The second kappa shape index (κ2) is 8.63. The van der Waals surface area contributed by atoms with Crippen LogP contribution in [-0.4, -0.2) is 51.2 Å². The molecule has 3 N–H and O–H groups in total. The molecule has 20 heavy (non-hydrogen) atoms. The fourth-order valence-electron chi connectivity index (χ4n) is 1.97. The highest BCUT2D eigenvalue weighted by molar-refractivity contribution is 5.78. The monoisotopic (exact) mass is 283 g/mol. The van der Waals surface area contributed by atoms with Crippen LogP contribution in [-0.2, 0) is 9.53 Å². The first-order valence-electron chi connectivity index (χ1n) is 6.50. The van der Waals surface area contributed by atoms with Gasteiger partial charge < -0.3 is 15.8 Å². The first-order valence-corrected chi connectivity index (χ1v) is 6.50. The van der Waals surface area contributed by atoms with Gasteiger partial charge in [0.25, 0.3) is 0 Å². The molecule has 0 heterocycles. The summed E-state index contributed by atoms with van der Waals surface area (Å²) in [5.74, 6) is -0.418. The number of carbonyl (C=O) groups is 1. The number of carbonyl (C=O) groups excluding carboxylic acids is 1. The molecule has 5 nitrogen and oxygen atoms in total. The Morgan fingerprint density at radius 3 is 2.90 bits per heavy atom. The zero-order chi connectivity index (χ0) is 15.0. The topological polar surface area (TPSA) is 67.6 Å². The average molecular weight is 283 g/mol. The molecule has 0 saturated carbocycles. The predicted octanol–water partition coefficient (Wildman–Crippen LogP) is 0.520. The van der Waals surface area contributed by atoms with Crippen molar-refractivity contribution in [2.75, 3.05) is 40.4 Å². The largest absolute Gasteiger partial charge is 0.383 e. The van der Waals surface area contributed by atoms with Crippen LogP contribution in [0.2, 0.25) is 0 Å². The van der Waals surface area contributed by atoms with E-state index in [0.717, 1.165) is 5.56 Å². The third kappa shape index (κ3) is 5.24. The minimum atomic E-state index is -0.307. The minimum Gasteiger partial charge on any atom is -0.383 e. The Morgan fingerprint density at radius 2 is 2.30 bits per heavy atom. The van der Waals surface area contributed by atoms with Crippen molar-refractivity contribution in [2.24, 2.45) is 5.73 Å². The molecule has 0 radical (unpaired) electrons. The second-order valence-electron chi connectivity index (χ2n) is 4.56. The van der Waals surface area contributed by atoms with Crippen molar-refractivity contribution in [1.29, 1.82) is 0 Å². The molecule has 0 saturated heterocycles. The van der Waals surface area contributed by atoms with Crippen LogP contribution >= 0.6 is 0 Å². The van der Waals surface area contributed by atoms with E-state index < -0.39 is 0 Å². The predicted molar refractivity (Wildman–Crippen MR) is 75.7 cm³/mol. The first-order chi connectivity index (χ1) is 9.58. The fraction of sp³-hybridized carbons (Fsp3) is 0.500. The lowest BCUT2D eigenvalue weighted by atomic mass is 10.1. The summed E-state index contributed by atoms with van der Waals surface area (Å²) in [7, 11) is 3.37. The first kappa shape index (κ1) is 16.6. The van der Waals surface area contributed by atoms with Crippen LogP contribution in [0.4, 0.5) is 4.39 Å². The molecule has 0 fully saturated rings. The van der Waals surface area contributed by atoms with Crippen LogP contribution in [0.15, 0.2) is 24.3 Å². The second-order valence-corrected chi connectivity index (χ2v) is 4.56. The van der Waals surface area contributed by atoms with E-state index in [2.05, 4.69) is 5.32 Å². The molecule has 0 spiro atoms. The van der Waals surface area contributed by atoms with E-state index in [1.54, 1.807) is 31.2 Å². The van der Waals surface area contributed by atoms with E-state index in [-0.39, 0.29) is 24.3 Å². The van der Waals surface area contributed by atoms with Crippen molar-refractivity contribution in [3.63, 3.8) is 0 Å². The van der Waals surface area contributed by atoms with E-state index >= 15 is 0 Å². The zero-order valence-corrected chi connectivity index (χ0v) is 11.9. The van der Waals surface area contributed by atoms with Crippen LogP contribution in [0, 0.1) is 5.82 Å². The van der Waals surface area contributed by atoms with Crippen LogP contribution in [0.1, 0.15) is 11.6 Å². The van der Waals surface area contributed by atoms with E-state index in [4.69, 9.17) is 10.5 Å². The summed E-state index contributed by atoms with van der Waals surface area (Å²) in [5, 5.41) is 2.74. The summed E-state index contributed by atoms with van der Waals surface area (Å²) in [6.07, 6.45) is 0. The molecule has 0 aliphatic rings. The zero-order valence-electron chi connectivity index (χ0n) is 11.9. The number of likely N-dealkylation sites (N-methyl/N-ethyl adjacent to an activating group) is 1. The highest BCUT2D eigenvalue weighted by atomic mass is 19.1. The Bertz CT molecular complexity index is 429. The maximum Gasteiger partial charge on any atom is 0.234 e. The molecule has 1 aromatic rings. The summed E-state index contributed by atoms with van der Waals surface area (Å²) in [5.41, 5.74) is 6.50. The molecule has 1 amide bonds. The third-order valence-corrected chi connectivity index (χ3v) is 3.01. The van der Waals surface area contributed by atoms with E-state index in [9.17, 15) is 9.18 Å². The molecule has 0 aliphatic heterocycles. The molecule has 0 aliphatic carbocycles. The fourth-order valence-corrected chi connectivity index (χ4v) is 1.97. The molecule has 1 aromatic carbocycles. The van der Waals surface area contributed by atoms with Gasteiger partial charge in [0.1, 0.15) is 5.82 Å². The lowest BCUT2D eigenvalue weighted by Crippen LogP contribution is -2.40. The summed E-state index contributed by atoms with van der Waals surface area (Å²) in [6, 6.07) is 6.07. The maximum absolute atomic E-state index is 13.2. The van der Waals surface area contributed by atoms with Crippen LogP contribution in [0.25, 0.3) is 0 Å². The van der Waals surface area contributed by atoms with Gasteiger partial charge in [0, 0.05) is 26.2 Å². The van der Waals surface area contributed by atoms with Gasteiger partial charge >= 0.3 is 0 Å². The van der Waals surface area contributed by atoms with Crippen molar-refractivity contribution >= 4 is 5.91 Å². The molecule has 6 heteroatoms. The van der Waals surface area contributed by atoms with Crippen molar-refractivity contribution in [3.8, 4) is 0 Å². The Kier molecular flexibility index (Phi) is 7.14. The SMILES string of the molecule is COCCNC(=O)CN(C)C(CN)c1cccc(F)c1. The number of halogens is 1. The molecular formula is C14H22FN3O2. The molecular weight excluding hydrogens is 261 g/mol. The van der Waals surface area contributed by atoms with Gasteiger partial charge in [0.15, 0.2) is 0 Å².